The Morgan fingerprint density at radius 2 is 1.72 bits per heavy atom. The molecule has 0 N–H and O–H groups in total. The molecule has 0 bridgehead atoms. The van der Waals surface area contributed by atoms with Gasteiger partial charge in [0.15, 0.2) is 16.7 Å². The van der Waals surface area contributed by atoms with Crippen molar-refractivity contribution in [2.24, 2.45) is 0 Å². The van der Waals surface area contributed by atoms with Crippen molar-refractivity contribution in [3.63, 3.8) is 0 Å². The van der Waals surface area contributed by atoms with Gasteiger partial charge >= 0.3 is 0 Å². The van der Waals surface area contributed by atoms with Gasteiger partial charge in [-0.05, 0) is 62.7 Å². The third-order valence-corrected chi connectivity index (χ3v) is 8.14. The number of carbonyl (C=O) groups excluding carboxylic acids is 1. The molecule has 0 unspecified atom stereocenters. The van der Waals surface area contributed by atoms with Crippen LogP contribution in [0.5, 0.6) is 11.5 Å². The van der Waals surface area contributed by atoms with Crippen LogP contribution in [0.3, 0.4) is 0 Å². The summed E-state index contributed by atoms with van der Waals surface area (Å²) in [6.07, 6.45) is 0.843. The van der Waals surface area contributed by atoms with Crippen LogP contribution in [0.4, 0.5) is 5.82 Å². The fourth-order valence-corrected chi connectivity index (χ4v) is 5.43. The molecule has 39 heavy (non-hydrogen) atoms. The minimum atomic E-state index is 0.107. The quantitative estimate of drug-likeness (QED) is 0.271. The van der Waals surface area contributed by atoms with Gasteiger partial charge in [0.25, 0.3) is 5.91 Å². The van der Waals surface area contributed by atoms with Crippen LogP contribution in [0, 0.1) is 13.8 Å². The van der Waals surface area contributed by atoms with Crippen molar-refractivity contribution in [3.8, 4) is 11.5 Å². The first-order valence-corrected chi connectivity index (χ1v) is 14.2. The van der Waals surface area contributed by atoms with Gasteiger partial charge in [0.1, 0.15) is 5.82 Å². The van der Waals surface area contributed by atoms with Crippen LogP contribution in [-0.2, 0) is 12.2 Å². The van der Waals surface area contributed by atoms with Crippen molar-refractivity contribution >= 4 is 23.5 Å². The van der Waals surface area contributed by atoms with Gasteiger partial charge < -0.3 is 24.2 Å². The Hall–Kier alpha value is -3.30. The van der Waals surface area contributed by atoms with Gasteiger partial charge in [0.2, 0.25) is 0 Å². The fraction of sp³-hybridized carbons (Fsp3) is 0.433. The minimum Gasteiger partial charge on any atom is -0.493 e. The van der Waals surface area contributed by atoms with E-state index in [1.807, 2.05) is 42.2 Å². The summed E-state index contributed by atoms with van der Waals surface area (Å²) in [7, 11) is 7.46. The van der Waals surface area contributed by atoms with Gasteiger partial charge in [-0.15, -0.1) is 0 Å². The zero-order valence-corrected chi connectivity index (χ0v) is 24.7. The number of likely N-dealkylation sites (N-methyl/N-ethyl adjacent to an activating group) is 2. The molecule has 1 aliphatic rings. The van der Waals surface area contributed by atoms with E-state index in [0.29, 0.717) is 5.75 Å². The molecule has 1 aliphatic heterocycles. The zero-order chi connectivity index (χ0) is 27.9. The summed E-state index contributed by atoms with van der Waals surface area (Å²) in [6, 6.07) is 14.0. The third kappa shape index (κ3) is 7.22. The number of hydrogen-bond acceptors (Lipinski definition) is 8. The molecule has 3 aromatic rings. The van der Waals surface area contributed by atoms with Gasteiger partial charge in [-0.25, -0.2) is 9.97 Å². The topological polar surface area (TPSA) is 71.0 Å². The number of carbonyl (C=O) groups is 1. The molecule has 1 aromatic heterocycles. The summed E-state index contributed by atoms with van der Waals surface area (Å²) in [6.45, 7) is 8.27. The SMILES string of the molecule is COc1ccc(CCN(C)c2nc(SCc3cccc(C(=O)N4CCN(C)CC4)c3)nc(C)c2C)cc1OC. The Bertz CT molecular complexity index is 1290. The minimum absolute atomic E-state index is 0.107. The molecule has 0 atom stereocenters. The molecule has 0 radical (unpaired) electrons. The van der Waals surface area contributed by atoms with Crippen LogP contribution < -0.4 is 14.4 Å². The monoisotopic (exact) mass is 549 g/mol. The molecule has 0 spiro atoms. The molecule has 0 aliphatic carbocycles. The standard InChI is InChI=1S/C30H39N5O3S/c1-21-22(2)31-30(32-28(21)34(4)13-12-23-10-11-26(37-5)27(19-23)38-6)39-20-24-8-7-9-25(18-24)29(36)35-16-14-33(3)15-17-35/h7-11,18-19H,12-17,20H2,1-6H3. The van der Waals surface area contributed by atoms with E-state index in [-0.39, 0.29) is 5.91 Å². The highest BCUT2D eigenvalue weighted by atomic mass is 32.2. The highest BCUT2D eigenvalue weighted by molar-refractivity contribution is 7.98. The lowest BCUT2D eigenvalue weighted by molar-refractivity contribution is 0.0664. The first kappa shape index (κ1) is 28.7. The Kier molecular flexibility index (Phi) is 9.69. The average Bonchev–Trinajstić information content (AvgIpc) is 2.96. The van der Waals surface area contributed by atoms with Crippen molar-refractivity contribution < 1.29 is 14.3 Å². The van der Waals surface area contributed by atoms with Gasteiger partial charge in [0.05, 0.1) is 14.2 Å². The van der Waals surface area contributed by atoms with Crippen LogP contribution in [0.1, 0.15) is 32.7 Å². The smallest absolute Gasteiger partial charge is 0.253 e. The molecular weight excluding hydrogens is 510 g/mol. The highest BCUT2D eigenvalue weighted by Gasteiger charge is 2.20. The zero-order valence-electron chi connectivity index (χ0n) is 23.9. The van der Waals surface area contributed by atoms with E-state index < -0.39 is 0 Å². The first-order valence-electron chi connectivity index (χ1n) is 13.3. The van der Waals surface area contributed by atoms with Crippen LogP contribution in [0.25, 0.3) is 0 Å². The van der Waals surface area contributed by atoms with Crippen molar-refractivity contribution in [1.29, 1.82) is 0 Å². The molecular formula is C30H39N5O3S. The molecule has 4 rings (SSSR count). The molecule has 1 amide bonds. The van der Waals surface area contributed by atoms with Crippen LogP contribution in [-0.4, -0.2) is 86.7 Å². The van der Waals surface area contributed by atoms with E-state index in [1.165, 1.54) is 5.56 Å². The lowest BCUT2D eigenvalue weighted by Crippen LogP contribution is -2.47. The van der Waals surface area contributed by atoms with E-state index in [2.05, 4.69) is 43.0 Å². The number of aryl methyl sites for hydroxylation is 1. The number of ether oxygens (including phenoxy) is 2. The van der Waals surface area contributed by atoms with Gasteiger partial charge in [-0.3, -0.25) is 4.79 Å². The highest BCUT2D eigenvalue weighted by Crippen LogP contribution is 2.29. The number of benzene rings is 2. The second-order valence-electron chi connectivity index (χ2n) is 9.99. The second-order valence-corrected chi connectivity index (χ2v) is 10.9. The number of aromatic nitrogens is 2. The Balaban J connectivity index is 1.41. The van der Waals surface area contributed by atoms with Crippen molar-refractivity contribution in [3.05, 3.63) is 70.4 Å². The molecule has 2 aromatic carbocycles. The van der Waals surface area contributed by atoms with E-state index in [9.17, 15) is 4.79 Å². The van der Waals surface area contributed by atoms with Gasteiger partial charge in [0, 0.05) is 62.3 Å². The van der Waals surface area contributed by atoms with E-state index in [4.69, 9.17) is 19.4 Å². The lowest BCUT2D eigenvalue weighted by Gasteiger charge is -2.32. The van der Waals surface area contributed by atoms with E-state index in [1.54, 1.807) is 26.0 Å². The number of thioether (sulfide) groups is 1. The molecule has 1 saturated heterocycles. The van der Waals surface area contributed by atoms with Crippen LogP contribution >= 0.6 is 11.8 Å². The molecule has 0 saturated carbocycles. The number of rotatable bonds is 10. The second kappa shape index (κ2) is 13.2. The summed E-state index contributed by atoms with van der Waals surface area (Å²) in [5, 5.41) is 0.738. The maximum absolute atomic E-state index is 13.0. The van der Waals surface area contributed by atoms with E-state index in [0.717, 1.165) is 84.0 Å². The first-order chi connectivity index (χ1) is 18.8. The van der Waals surface area contributed by atoms with Crippen LogP contribution in [0.2, 0.25) is 0 Å². The summed E-state index contributed by atoms with van der Waals surface area (Å²) in [5.74, 6) is 3.20. The van der Waals surface area contributed by atoms with Crippen LogP contribution in [0.15, 0.2) is 47.6 Å². The Morgan fingerprint density at radius 3 is 2.44 bits per heavy atom. The molecule has 9 heteroatoms. The van der Waals surface area contributed by atoms with Gasteiger partial charge in [-0.2, -0.15) is 0 Å². The predicted molar refractivity (Wildman–Crippen MR) is 157 cm³/mol. The molecule has 8 nitrogen and oxygen atoms in total. The summed E-state index contributed by atoms with van der Waals surface area (Å²) < 4.78 is 10.8. The maximum Gasteiger partial charge on any atom is 0.253 e. The fourth-order valence-electron chi connectivity index (χ4n) is 4.60. The number of amides is 1. The number of methoxy groups -OCH3 is 2. The number of hydrogen-bond donors (Lipinski definition) is 0. The maximum atomic E-state index is 13.0. The van der Waals surface area contributed by atoms with Crippen molar-refractivity contribution in [1.82, 2.24) is 19.8 Å². The number of anilines is 1. The van der Waals surface area contributed by atoms with Gasteiger partial charge in [-0.1, -0.05) is 30.0 Å². The number of nitrogens with zero attached hydrogens (tertiary/aromatic N) is 5. The average molecular weight is 550 g/mol. The lowest BCUT2D eigenvalue weighted by atomic mass is 10.1. The molecule has 2 heterocycles. The third-order valence-electron chi connectivity index (χ3n) is 7.22. The summed E-state index contributed by atoms with van der Waals surface area (Å²) in [5.41, 5.74) is 5.05. The van der Waals surface area contributed by atoms with E-state index >= 15 is 0 Å². The van der Waals surface area contributed by atoms with Crippen molar-refractivity contribution in [2.45, 2.75) is 31.2 Å². The Labute approximate surface area is 236 Å². The summed E-state index contributed by atoms with van der Waals surface area (Å²) in [4.78, 5) is 29.1. The predicted octanol–water partition coefficient (Wildman–Crippen LogP) is 4.47. The molecule has 1 fully saturated rings. The van der Waals surface area contributed by atoms with Crippen molar-refractivity contribution in [2.75, 3.05) is 65.9 Å². The molecule has 208 valence electrons. The Morgan fingerprint density at radius 1 is 0.974 bits per heavy atom. The normalized spacial score (nSPS) is 13.8. The summed E-state index contributed by atoms with van der Waals surface area (Å²) >= 11 is 1.60. The largest absolute Gasteiger partial charge is 0.493 e. The number of piperazine rings is 1.